The third-order valence-electron chi connectivity index (χ3n) is 4.19. The van der Waals surface area contributed by atoms with Crippen LogP contribution in [0.1, 0.15) is 24.1 Å². The van der Waals surface area contributed by atoms with Gasteiger partial charge in [0.15, 0.2) is 4.34 Å². The van der Waals surface area contributed by atoms with Crippen molar-refractivity contribution in [2.75, 3.05) is 18.5 Å². The zero-order valence-electron chi connectivity index (χ0n) is 14.3. The number of nitrogens with one attached hydrogen (secondary N) is 1. The third kappa shape index (κ3) is 3.89. The van der Waals surface area contributed by atoms with E-state index in [1.165, 1.54) is 23.1 Å². The molecule has 1 unspecified atom stereocenters. The van der Waals surface area contributed by atoms with E-state index in [0.29, 0.717) is 11.4 Å². The highest BCUT2D eigenvalue weighted by molar-refractivity contribution is 8.00. The Balaban J connectivity index is 1.40. The van der Waals surface area contributed by atoms with Crippen LogP contribution in [-0.4, -0.2) is 38.8 Å². The Morgan fingerprint density at radius 1 is 1.46 bits per heavy atom. The number of nitrogens with zero attached hydrogens (tertiary/aromatic N) is 4. The largest absolute Gasteiger partial charge is 0.376 e. The van der Waals surface area contributed by atoms with Crippen LogP contribution in [0.2, 0.25) is 0 Å². The fourth-order valence-corrected chi connectivity index (χ4v) is 4.52. The minimum atomic E-state index is -0.0644. The molecule has 0 aliphatic carbocycles. The van der Waals surface area contributed by atoms with Gasteiger partial charge in [-0.1, -0.05) is 29.2 Å². The highest BCUT2D eigenvalue weighted by Crippen LogP contribution is 2.28. The summed E-state index contributed by atoms with van der Waals surface area (Å²) in [4.78, 5) is 16.9. The number of ether oxygens (including phenoxy) is 1. The third-order valence-corrected chi connectivity index (χ3v) is 6.24. The van der Waals surface area contributed by atoms with Gasteiger partial charge in [0, 0.05) is 31.2 Å². The first-order valence-corrected chi connectivity index (χ1v) is 10.3. The van der Waals surface area contributed by atoms with Crippen LogP contribution in [0.3, 0.4) is 0 Å². The maximum Gasteiger partial charge on any atom is 0.258 e. The van der Waals surface area contributed by atoms with Crippen molar-refractivity contribution in [1.29, 1.82) is 0 Å². The van der Waals surface area contributed by atoms with E-state index in [2.05, 4.69) is 20.5 Å². The van der Waals surface area contributed by atoms with Crippen molar-refractivity contribution in [1.82, 2.24) is 19.6 Å². The van der Waals surface area contributed by atoms with Crippen LogP contribution in [0.25, 0.3) is 5.65 Å². The van der Waals surface area contributed by atoms with Crippen LogP contribution in [0, 0.1) is 6.92 Å². The second kappa shape index (κ2) is 7.73. The molecule has 1 N–H and O–H groups in total. The second-order valence-corrected chi connectivity index (χ2v) is 8.35. The van der Waals surface area contributed by atoms with Crippen molar-refractivity contribution in [2.45, 2.75) is 36.0 Å². The van der Waals surface area contributed by atoms with Crippen LogP contribution >= 0.6 is 23.1 Å². The molecule has 3 aromatic rings. The van der Waals surface area contributed by atoms with Crippen LogP contribution in [0.4, 0.5) is 5.13 Å². The van der Waals surface area contributed by atoms with Gasteiger partial charge in [0.25, 0.3) is 5.56 Å². The van der Waals surface area contributed by atoms with Gasteiger partial charge < -0.3 is 10.1 Å². The van der Waals surface area contributed by atoms with E-state index in [-0.39, 0.29) is 11.7 Å². The molecular formula is C17H19N5O2S2. The molecule has 0 radical (unpaired) electrons. The van der Waals surface area contributed by atoms with E-state index in [9.17, 15) is 4.79 Å². The number of rotatable bonds is 6. The molecule has 0 spiro atoms. The van der Waals surface area contributed by atoms with E-state index >= 15 is 0 Å². The monoisotopic (exact) mass is 389 g/mol. The molecule has 1 atom stereocenters. The zero-order valence-corrected chi connectivity index (χ0v) is 16.0. The van der Waals surface area contributed by atoms with Crippen molar-refractivity contribution in [3.05, 3.63) is 46.0 Å². The Hall–Kier alpha value is -1.97. The molecule has 4 heterocycles. The summed E-state index contributed by atoms with van der Waals surface area (Å²) in [7, 11) is 0. The van der Waals surface area contributed by atoms with Gasteiger partial charge in [-0.05, 0) is 31.4 Å². The molecule has 3 aromatic heterocycles. The molecule has 0 amide bonds. The average molecular weight is 390 g/mol. The molecule has 1 fully saturated rings. The van der Waals surface area contributed by atoms with Gasteiger partial charge >= 0.3 is 0 Å². The molecule has 4 rings (SSSR count). The lowest BCUT2D eigenvalue weighted by Crippen LogP contribution is -2.18. The van der Waals surface area contributed by atoms with Gasteiger partial charge in [0.05, 0.1) is 11.8 Å². The van der Waals surface area contributed by atoms with Crippen molar-refractivity contribution in [3.63, 3.8) is 0 Å². The number of aryl methyl sites for hydroxylation is 1. The Bertz CT molecular complexity index is 965. The summed E-state index contributed by atoms with van der Waals surface area (Å²) in [6.07, 6.45) is 4.23. The van der Waals surface area contributed by atoms with Gasteiger partial charge in [-0.25, -0.2) is 4.98 Å². The molecule has 9 heteroatoms. The Morgan fingerprint density at radius 2 is 2.38 bits per heavy atom. The van der Waals surface area contributed by atoms with E-state index in [4.69, 9.17) is 4.74 Å². The first-order chi connectivity index (χ1) is 12.7. The first-order valence-electron chi connectivity index (χ1n) is 8.49. The number of pyridine rings is 1. The Labute approximate surface area is 158 Å². The molecule has 136 valence electrons. The quantitative estimate of drug-likeness (QED) is 0.649. The predicted octanol–water partition coefficient (Wildman–Crippen LogP) is 2.74. The summed E-state index contributed by atoms with van der Waals surface area (Å²) >= 11 is 3.05. The van der Waals surface area contributed by atoms with Crippen molar-refractivity contribution < 1.29 is 4.74 Å². The molecule has 0 aromatic carbocycles. The lowest BCUT2D eigenvalue weighted by Gasteiger charge is -2.08. The van der Waals surface area contributed by atoms with Crippen LogP contribution < -0.4 is 10.9 Å². The van der Waals surface area contributed by atoms with Crippen molar-refractivity contribution in [2.24, 2.45) is 0 Å². The van der Waals surface area contributed by atoms with Gasteiger partial charge in [-0.2, -0.15) is 0 Å². The fraction of sp³-hybridized carbons (Fsp3) is 0.412. The maximum atomic E-state index is 12.2. The number of hydrogen-bond donors (Lipinski definition) is 1. The van der Waals surface area contributed by atoms with Crippen molar-refractivity contribution >= 4 is 33.9 Å². The van der Waals surface area contributed by atoms with E-state index in [1.54, 1.807) is 16.7 Å². The lowest BCUT2D eigenvalue weighted by molar-refractivity contribution is 0.120. The second-order valence-electron chi connectivity index (χ2n) is 6.15. The van der Waals surface area contributed by atoms with Gasteiger partial charge in [-0.15, -0.1) is 10.2 Å². The normalized spacial score (nSPS) is 17.0. The number of anilines is 1. The standard InChI is InChI=1S/C17H19N5O2S2/c1-11-4-2-6-22-14(23)8-12(19-15(11)22)10-25-17-21-20-16(26-17)18-9-13-5-3-7-24-13/h2,4,6,8,13H,3,5,7,9-10H2,1H3,(H,18,20). The summed E-state index contributed by atoms with van der Waals surface area (Å²) in [5.41, 5.74) is 2.36. The maximum absolute atomic E-state index is 12.2. The van der Waals surface area contributed by atoms with Crippen LogP contribution in [0.5, 0.6) is 0 Å². The number of thioether (sulfide) groups is 1. The van der Waals surface area contributed by atoms with Crippen molar-refractivity contribution in [3.8, 4) is 0 Å². The van der Waals surface area contributed by atoms with E-state index < -0.39 is 0 Å². The SMILES string of the molecule is Cc1cccn2c(=O)cc(CSc3nnc(NCC4CCCO4)s3)nc12. The molecule has 26 heavy (non-hydrogen) atoms. The summed E-state index contributed by atoms with van der Waals surface area (Å²) in [5, 5.41) is 12.4. The molecule has 1 aliphatic heterocycles. The smallest absolute Gasteiger partial charge is 0.258 e. The molecule has 0 bridgehead atoms. The van der Waals surface area contributed by atoms with Gasteiger partial charge in [0.1, 0.15) is 5.65 Å². The minimum absolute atomic E-state index is 0.0644. The van der Waals surface area contributed by atoms with E-state index in [1.807, 2.05) is 19.1 Å². The topological polar surface area (TPSA) is 81.4 Å². The summed E-state index contributed by atoms with van der Waals surface area (Å²) < 4.78 is 8.02. The number of fused-ring (bicyclic) bond motifs is 1. The summed E-state index contributed by atoms with van der Waals surface area (Å²) in [6.45, 7) is 3.57. The predicted molar refractivity (Wildman–Crippen MR) is 103 cm³/mol. The first kappa shape index (κ1) is 17.4. The van der Waals surface area contributed by atoms with Crippen LogP contribution in [0.15, 0.2) is 33.5 Å². The number of aromatic nitrogens is 4. The van der Waals surface area contributed by atoms with E-state index in [0.717, 1.165) is 46.7 Å². The lowest BCUT2D eigenvalue weighted by atomic mass is 10.2. The minimum Gasteiger partial charge on any atom is -0.376 e. The van der Waals surface area contributed by atoms with Crippen LogP contribution in [-0.2, 0) is 10.5 Å². The fourth-order valence-electron chi connectivity index (χ4n) is 2.86. The summed E-state index contributed by atoms with van der Waals surface area (Å²) in [6, 6.07) is 5.39. The molecule has 0 saturated carbocycles. The number of hydrogen-bond acceptors (Lipinski definition) is 8. The molecule has 1 saturated heterocycles. The highest BCUT2D eigenvalue weighted by atomic mass is 32.2. The van der Waals surface area contributed by atoms with Gasteiger partial charge in [-0.3, -0.25) is 9.20 Å². The Morgan fingerprint density at radius 3 is 3.23 bits per heavy atom. The average Bonchev–Trinajstić information content (AvgIpc) is 3.31. The summed E-state index contributed by atoms with van der Waals surface area (Å²) in [5.74, 6) is 0.584. The van der Waals surface area contributed by atoms with Gasteiger partial charge in [0.2, 0.25) is 5.13 Å². The highest BCUT2D eigenvalue weighted by Gasteiger charge is 2.16. The molecular weight excluding hydrogens is 370 g/mol. The molecule has 1 aliphatic rings. The molecule has 7 nitrogen and oxygen atoms in total. The Kier molecular flexibility index (Phi) is 5.18. The zero-order chi connectivity index (χ0) is 17.9.